The molecule has 94 valence electrons. The van der Waals surface area contributed by atoms with Gasteiger partial charge in [0.1, 0.15) is 0 Å². The molecule has 0 saturated carbocycles. The van der Waals surface area contributed by atoms with Crippen molar-refractivity contribution in [2.24, 2.45) is 0 Å². The molecule has 0 aromatic carbocycles. The van der Waals surface area contributed by atoms with Gasteiger partial charge in [-0.05, 0) is 50.2 Å². The summed E-state index contributed by atoms with van der Waals surface area (Å²) in [5.74, 6) is 11.0. The van der Waals surface area contributed by atoms with Crippen LogP contribution in [0.15, 0.2) is 36.5 Å². The average molecular weight is 242 g/mol. The van der Waals surface area contributed by atoms with Gasteiger partial charge in [-0.2, -0.15) is 0 Å². The molecule has 18 heavy (non-hydrogen) atoms. The Morgan fingerprint density at radius 2 is 1.89 bits per heavy atom. The van der Waals surface area contributed by atoms with Crippen molar-refractivity contribution in [1.82, 2.24) is 0 Å². The van der Waals surface area contributed by atoms with E-state index in [9.17, 15) is 5.11 Å². The van der Waals surface area contributed by atoms with E-state index < -0.39 is 6.29 Å². The Balaban J connectivity index is 2.29. The Bertz CT molecular complexity index is 435. The molecule has 1 aliphatic heterocycles. The number of ether oxygens (including phenoxy) is 1. The molecule has 1 saturated heterocycles. The second-order valence-electron chi connectivity index (χ2n) is 3.84. The molecule has 0 amide bonds. The Morgan fingerprint density at radius 3 is 2.61 bits per heavy atom. The molecule has 0 radical (unpaired) electrons. The number of allylic oxidation sites excluding steroid dienone is 5. The molecule has 2 atom stereocenters. The van der Waals surface area contributed by atoms with Crippen LogP contribution in [0.4, 0.5) is 0 Å². The molecule has 1 N–H and O–H groups in total. The van der Waals surface area contributed by atoms with Crippen molar-refractivity contribution in [1.29, 1.82) is 0 Å². The molecule has 0 bridgehead atoms. The van der Waals surface area contributed by atoms with Gasteiger partial charge in [-0.25, -0.2) is 0 Å². The van der Waals surface area contributed by atoms with Gasteiger partial charge in [0, 0.05) is 0 Å². The minimum Gasteiger partial charge on any atom is -0.368 e. The van der Waals surface area contributed by atoms with E-state index in [1.807, 2.05) is 31.2 Å². The third-order valence-electron chi connectivity index (χ3n) is 2.34. The molecule has 0 unspecified atom stereocenters. The van der Waals surface area contributed by atoms with Gasteiger partial charge in [0.2, 0.25) is 0 Å². The zero-order chi connectivity index (χ0) is 13.1. The smallest absolute Gasteiger partial charge is 0.155 e. The lowest BCUT2D eigenvalue weighted by atomic mass is 10.1. The highest BCUT2D eigenvalue weighted by Gasteiger charge is 2.17. The molecule has 1 rings (SSSR count). The highest BCUT2D eigenvalue weighted by molar-refractivity contribution is 5.34. The van der Waals surface area contributed by atoms with Crippen LogP contribution in [0.2, 0.25) is 0 Å². The van der Waals surface area contributed by atoms with Gasteiger partial charge in [-0.1, -0.05) is 36.1 Å². The van der Waals surface area contributed by atoms with E-state index in [1.165, 1.54) is 0 Å². The van der Waals surface area contributed by atoms with Crippen LogP contribution in [-0.4, -0.2) is 17.5 Å². The number of rotatable bonds is 2. The van der Waals surface area contributed by atoms with E-state index in [0.717, 1.165) is 19.3 Å². The summed E-state index contributed by atoms with van der Waals surface area (Å²) in [7, 11) is 0. The standard InChI is InChI=1S/C16H18O2/c1-2-3-4-5-6-7-8-9-10-12-15-13-11-14-16(17)18-15/h2-3,8-10,12,15-17H,11,13-14H2,1H3/b3-2+,9-8+,12-10+/t15-,16-/m1/s1. The summed E-state index contributed by atoms with van der Waals surface area (Å²) < 4.78 is 5.33. The van der Waals surface area contributed by atoms with Crippen LogP contribution in [0.25, 0.3) is 0 Å². The predicted molar refractivity (Wildman–Crippen MR) is 73.4 cm³/mol. The predicted octanol–water partition coefficient (Wildman–Crippen LogP) is 2.57. The number of hydrogen-bond donors (Lipinski definition) is 1. The lowest BCUT2D eigenvalue weighted by Gasteiger charge is -2.24. The highest BCUT2D eigenvalue weighted by Crippen LogP contribution is 2.17. The molecular weight excluding hydrogens is 224 g/mol. The van der Waals surface area contributed by atoms with E-state index in [1.54, 1.807) is 12.2 Å². The Hall–Kier alpha value is -1.74. The summed E-state index contributed by atoms with van der Waals surface area (Å²) in [6, 6.07) is 0. The zero-order valence-electron chi connectivity index (χ0n) is 10.6. The molecule has 2 nitrogen and oxygen atoms in total. The summed E-state index contributed by atoms with van der Waals surface area (Å²) in [5.41, 5.74) is 0. The van der Waals surface area contributed by atoms with Crippen molar-refractivity contribution in [3.8, 4) is 23.7 Å². The van der Waals surface area contributed by atoms with Gasteiger partial charge >= 0.3 is 0 Å². The Kier molecular flexibility index (Phi) is 7.40. The first-order valence-electron chi connectivity index (χ1n) is 6.12. The molecule has 0 spiro atoms. The maximum absolute atomic E-state index is 9.31. The van der Waals surface area contributed by atoms with Crippen LogP contribution >= 0.6 is 0 Å². The first kappa shape index (κ1) is 14.3. The lowest BCUT2D eigenvalue weighted by Crippen LogP contribution is -2.25. The van der Waals surface area contributed by atoms with E-state index in [4.69, 9.17) is 4.74 Å². The summed E-state index contributed by atoms with van der Waals surface area (Å²) in [5, 5.41) is 9.31. The largest absolute Gasteiger partial charge is 0.368 e. The minimum absolute atomic E-state index is 0.0147. The Labute approximate surface area is 109 Å². The molecule has 1 heterocycles. The molecule has 0 aromatic rings. The second-order valence-corrected chi connectivity index (χ2v) is 3.84. The van der Waals surface area contributed by atoms with Crippen LogP contribution in [0, 0.1) is 23.7 Å². The summed E-state index contributed by atoms with van der Waals surface area (Å²) in [4.78, 5) is 0. The normalized spacial score (nSPS) is 23.9. The first-order chi connectivity index (χ1) is 8.83. The quantitative estimate of drug-likeness (QED) is 0.595. The van der Waals surface area contributed by atoms with Crippen LogP contribution in [0.5, 0.6) is 0 Å². The maximum Gasteiger partial charge on any atom is 0.155 e. The van der Waals surface area contributed by atoms with E-state index in [-0.39, 0.29) is 6.10 Å². The van der Waals surface area contributed by atoms with Gasteiger partial charge in [0.15, 0.2) is 6.29 Å². The van der Waals surface area contributed by atoms with Crippen LogP contribution in [0.1, 0.15) is 26.2 Å². The fourth-order valence-electron chi connectivity index (χ4n) is 1.50. The highest BCUT2D eigenvalue weighted by atomic mass is 16.6. The number of aliphatic hydroxyl groups excluding tert-OH is 1. The Morgan fingerprint density at radius 1 is 1.11 bits per heavy atom. The average Bonchev–Trinajstić information content (AvgIpc) is 2.37. The summed E-state index contributed by atoms with van der Waals surface area (Å²) in [6.45, 7) is 1.91. The van der Waals surface area contributed by atoms with Gasteiger partial charge in [-0.15, -0.1) is 0 Å². The van der Waals surface area contributed by atoms with Crippen LogP contribution in [0.3, 0.4) is 0 Å². The third-order valence-corrected chi connectivity index (χ3v) is 2.34. The van der Waals surface area contributed by atoms with E-state index >= 15 is 0 Å². The molecule has 0 aromatic heterocycles. The zero-order valence-corrected chi connectivity index (χ0v) is 10.6. The molecule has 1 fully saturated rings. The fourth-order valence-corrected chi connectivity index (χ4v) is 1.50. The van der Waals surface area contributed by atoms with Gasteiger partial charge in [0.05, 0.1) is 6.10 Å². The topological polar surface area (TPSA) is 29.5 Å². The lowest BCUT2D eigenvalue weighted by molar-refractivity contribution is -0.147. The van der Waals surface area contributed by atoms with E-state index in [0.29, 0.717) is 0 Å². The van der Waals surface area contributed by atoms with Crippen molar-refractivity contribution in [2.45, 2.75) is 38.6 Å². The van der Waals surface area contributed by atoms with Crippen molar-refractivity contribution < 1.29 is 9.84 Å². The summed E-state index contributed by atoms with van der Waals surface area (Å²) >= 11 is 0. The van der Waals surface area contributed by atoms with E-state index in [2.05, 4.69) is 23.7 Å². The SMILES string of the molecule is C/C=C/C#CC#C/C=C/C=C/[C@@H]1CCC[C@H](O)O1. The van der Waals surface area contributed by atoms with Crippen LogP contribution < -0.4 is 0 Å². The molecule has 2 heteroatoms. The van der Waals surface area contributed by atoms with Crippen molar-refractivity contribution >= 4 is 0 Å². The number of aliphatic hydroxyl groups is 1. The molecular formula is C16H18O2. The van der Waals surface area contributed by atoms with Crippen molar-refractivity contribution in [3.05, 3.63) is 36.5 Å². The maximum atomic E-state index is 9.31. The summed E-state index contributed by atoms with van der Waals surface area (Å²) in [6.07, 6.45) is 13.1. The monoisotopic (exact) mass is 242 g/mol. The van der Waals surface area contributed by atoms with Crippen molar-refractivity contribution in [2.75, 3.05) is 0 Å². The van der Waals surface area contributed by atoms with Crippen molar-refractivity contribution in [3.63, 3.8) is 0 Å². The first-order valence-corrected chi connectivity index (χ1v) is 6.12. The second kappa shape index (κ2) is 9.31. The van der Waals surface area contributed by atoms with Crippen LogP contribution in [-0.2, 0) is 4.74 Å². The molecule has 1 aliphatic rings. The minimum atomic E-state index is -0.612. The fraction of sp³-hybridized carbons (Fsp3) is 0.375. The van der Waals surface area contributed by atoms with Gasteiger partial charge in [0.25, 0.3) is 0 Å². The van der Waals surface area contributed by atoms with Gasteiger partial charge in [-0.3, -0.25) is 0 Å². The molecule has 0 aliphatic carbocycles. The number of hydrogen-bond acceptors (Lipinski definition) is 2. The van der Waals surface area contributed by atoms with Gasteiger partial charge < -0.3 is 9.84 Å². The third kappa shape index (κ3) is 6.76.